The molecule has 0 spiro atoms. The maximum absolute atomic E-state index is 13.1. The summed E-state index contributed by atoms with van der Waals surface area (Å²) in [6.07, 6.45) is 0.793. The highest BCUT2D eigenvalue weighted by Crippen LogP contribution is 2.33. The van der Waals surface area contributed by atoms with Gasteiger partial charge in [-0.2, -0.15) is 4.98 Å². The van der Waals surface area contributed by atoms with Gasteiger partial charge in [0.2, 0.25) is 5.89 Å². The van der Waals surface area contributed by atoms with Gasteiger partial charge in [-0.3, -0.25) is 4.90 Å². The standard InChI is InChI=1S/C16H20FN3O3/c1-22-7-6-15-18-16(23-19-15)10-20-9-13(21)8-14(20)11-2-4-12(17)5-3-11/h2-5,13-14,21H,6-10H2,1H3/t13-,14+/m0/s1. The molecule has 1 fully saturated rings. The summed E-state index contributed by atoms with van der Waals surface area (Å²) < 4.78 is 23.3. The predicted molar refractivity (Wildman–Crippen MR) is 80.1 cm³/mol. The van der Waals surface area contributed by atoms with Gasteiger partial charge >= 0.3 is 0 Å². The minimum absolute atomic E-state index is 0.0138. The quantitative estimate of drug-likeness (QED) is 0.873. The Labute approximate surface area is 133 Å². The fourth-order valence-electron chi connectivity index (χ4n) is 2.91. The topological polar surface area (TPSA) is 71.6 Å². The Kier molecular flexibility index (Phi) is 5.00. The Hall–Kier alpha value is -1.83. The van der Waals surface area contributed by atoms with Gasteiger partial charge in [-0.1, -0.05) is 17.3 Å². The van der Waals surface area contributed by atoms with E-state index >= 15 is 0 Å². The second-order valence-corrected chi connectivity index (χ2v) is 5.73. The van der Waals surface area contributed by atoms with E-state index < -0.39 is 6.10 Å². The molecule has 7 heteroatoms. The van der Waals surface area contributed by atoms with Crippen molar-refractivity contribution >= 4 is 0 Å². The van der Waals surface area contributed by atoms with Gasteiger partial charge in [-0.25, -0.2) is 4.39 Å². The van der Waals surface area contributed by atoms with E-state index in [2.05, 4.69) is 15.0 Å². The number of aliphatic hydroxyl groups is 1. The lowest BCUT2D eigenvalue weighted by atomic mass is 10.0. The highest BCUT2D eigenvalue weighted by Gasteiger charge is 2.33. The molecule has 0 amide bonds. The molecular weight excluding hydrogens is 301 g/mol. The molecule has 0 unspecified atom stereocenters. The van der Waals surface area contributed by atoms with Gasteiger partial charge in [-0.15, -0.1) is 0 Å². The van der Waals surface area contributed by atoms with Crippen molar-refractivity contribution in [2.75, 3.05) is 20.3 Å². The first kappa shape index (κ1) is 16.0. The summed E-state index contributed by atoms with van der Waals surface area (Å²) in [7, 11) is 1.62. The van der Waals surface area contributed by atoms with E-state index in [0.717, 1.165) is 5.56 Å². The molecule has 3 rings (SSSR count). The number of methoxy groups -OCH3 is 1. The molecule has 1 aromatic heterocycles. The molecule has 1 aliphatic heterocycles. The van der Waals surface area contributed by atoms with Gasteiger partial charge in [-0.05, 0) is 24.1 Å². The Morgan fingerprint density at radius 2 is 2.17 bits per heavy atom. The average Bonchev–Trinajstić information content (AvgIpc) is 3.13. The number of ether oxygens (including phenoxy) is 1. The zero-order valence-electron chi connectivity index (χ0n) is 13.0. The van der Waals surface area contributed by atoms with Crippen LogP contribution in [0.1, 0.15) is 29.7 Å². The summed E-state index contributed by atoms with van der Waals surface area (Å²) in [6.45, 7) is 1.52. The number of aromatic nitrogens is 2. The summed E-state index contributed by atoms with van der Waals surface area (Å²) in [5.41, 5.74) is 0.974. The highest BCUT2D eigenvalue weighted by atomic mass is 19.1. The first-order valence-electron chi connectivity index (χ1n) is 7.63. The van der Waals surface area contributed by atoms with E-state index in [1.54, 1.807) is 19.2 Å². The minimum atomic E-state index is -0.416. The largest absolute Gasteiger partial charge is 0.392 e. The maximum Gasteiger partial charge on any atom is 0.240 e. The van der Waals surface area contributed by atoms with Crippen LogP contribution in [0.5, 0.6) is 0 Å². The summed E-state index contributed by atoms with van der Waals surface area (Å²) >= 11 is 0. The van der Waals surface area contributed by atoms with Crippen LogP contribution in [0.2, 0.25) is 0 Å². The lowest BCUT2D eigenvalue weighted by Gasteiger charge is -2.22. The van der Waals surface area contributed by atoms with Gasteiger partial charge in [0.1, 0.15) is 5.82 Å². The molecular formula is C16H20FN3O3. The molecule has 1 N–H and O–H groups in total. The highest BCUT2D eigenvalue weighted by molar-refractivity contribution is 5.21. The predicted octanol–water partition coefficient (Wildman–Crippen LogP) is 1.71. The van der Waals surface area contributed by atoms with Crippen molar-refractivity contribution in [2.24, 2.45) is 0 Å². The van der Waals surface area contributed by atoms with Crippen LogP contribution in [0, 0.1) is 5.82 Å². The smallest absolute Gasteiger partial charge is 0.240 e. The number of β-amino-alcohol motifs (C(OH)–C–C–N with tert-alkyl or cyclic N) is 1. The van der Waals surface area contributed by atoms with Crippen molar-refractivity contribution in [3.63, 3.8) is 0 Å². The summed E-state index contributed by atoms with van der Waals surface area (Å²) in [5.74, 6) is 0.857. The molecule has 0 bridgehead atoms. The van der Waals surface area contributed by atoms with Crippen LogP contribution in [-0.4, -0.2) is 46.5 Å². The second kappa shape index (κ2) is 7.16. The Bertz CT molecular complexity index is 632. The minimum Gasteiger partial charge on any atom is -0.392 e. The monoisotopic (exact) mass is 321 g/mol. The van der Waals surface area contributed by atoms with Crippen LogP contribution in [0.15, 0.2) is 28.8 Å². The van der Waals surface area contributed by atoms with Crippen molar-refractivity contribution in [3.8, 4) is 0 Å². The summed E-state index contributed by atoms with van der Waals surface area (Å²) in [5, 5.41) is 13.9. The third-order valence-electron chi connectivity index (χ3n) is 4.01. The summed E-state index contributed by atoms with van der Waals surface area (Å²) in [4.78, 5) is 6.41. The SMILES string of the molecule is COCCc1noc(CN2C[C@@H](O)C[C@@H]2c2ccc(F)cc2)n1. The maximum atomic E-state index is 13.1. The third kappa shape index (κ3) is 3.93. The van der Waals surface area contributed by atoms with E-state index in [0.29, 0.717) is 44.3 Å². The van der Waals surface area contributed by atoms with Crippen LogP contribution in [0.3, 0.4) is 0 Å². The fraction of sp³-hybridized carbons (Fsp3) is 0.500. The Morgan fingerprint density at radius 1 is 1.39 bits per heavy atom. The summed E-state index contributed by atoms with van der Waals surface area (Å²) in [6, 6.07) is 6.40. The molecule has 1 aliphatic rings. The van der Waals surface area contributed by atoms with Crippen LogP contribution in [-0.2, 0) is 17.7 Å². The molecule has 23 heavy (non-hydrogen) atoms. The van der Waals surface area contributed by atoms with Crippen LogP contribution in [0.4, 0.5) is 4.39 Å². The van der Waals surface area contributed by atoms with E-state index in [9.17, 15) is 9.50 Å². The molecule has 2 aromatic rings. The van der Waals surface area contributed by atoms with Crippen molar-refractivity contribution in [1.82, 2.24) is 15.0 Å². The number of aliphatic hydroxyl groups excluding tert-OH is 1. The lowest BCUT2D eigenvalue weighted by molar-refractivity contribution is 0.164. The third-order valence-corrected chi connectivity index (χ3v) is 4.01. The number of halogens is 1. The van der Waals surface area contributed by atoms with Gasteiger partial charge in [0, 0.05) is 26.1 Å². The molecule has 0 radical (unpaired) electrons. The van der Waals surface area contributed by atoms with E-state index in [4.69, 9.17) is 9.26 Å². The number of likely N-dealkylation sites (tertiary alicyclic amines) is 1. The van der Waals surface area contributed by atoms with Crippen molar-refractivity contribution in [1.29, 1.82) is 0 Å². The second-order valence-electron chi connectivity index (χ2n) is 5.73. The first-order chi connectivity index (χ1) is 11.2. The number of rotatable bonds is 6. The fourth-order valence-corrected chi connectivity index (χ4v) is 2.91. The lowest BCUT2D eigenvalue weighted by Crippen LogP contribution is -2.24. The zero-order valence-corrected chi connectivity index (χ0v) is 13.0. The number of benzene rings is 1. The van der Waals surface area contributed by atoms with Crippen molar-refractivity contribution < 1.29 is 18.8 Å². The molecule has 0 aliphatic carbocycles. The number of nitrogens with zero attached hydrogens (tertiary/aromatic N) is 3. The zero-order chi connectivity index (χ0) is 16.2. The van der Waals surface area contributed by atoms with Gasteiger partial charge < -0.3 is 14.4 Å². The van der Waals surface area contributed by atoms with Gasteiger partial charge in [0.15, 0.2) is 5.82 Å². The van der Waals surface area contributed by atoms with Gasteiger partial charge in [0.05, 0.1) is 19.3 Å². The molecule has 1 saturated heterocycles. The number of hydrogen-bond acceptors (Lipinski definition) is 6. The van der Waals surface area contributed by atoms with E-state index in [-0.39, 0.29) is 11.9 Å². The van der Waals surface area contributed by atoms with E-state index in [1.807, 2.05) is 0 Å². The first-order valence-corrected chi connectivity index (χ1v) is 7.63. The molecule has 2 heterocycles. The molecule has 124 valence electrons. The molecule has 0 saturated carbocycles. The van der Waals surface area contributed by atoms with Crippen LogP contribution in [0.25, 0.3) is 0 Å². The molecule has 1 aromatic carbocycles. The van der Waals surface area contributed by atoms with Crippen LogP contribution < -0.4 is 0 Å². The van der Waals surface area contributed by atoms with Crippen LogP contribution >= 0.6 is 0 Å². The normalized spacial score (nSPS) is 21.9. The molecule has 6 nitrogen and oxygen atoms in total. The van der Waals surface area contributed by atoms with Crippen molar-refractivity contribution in [3.05, 3.63) is 47.4 Å². The Balaban J connectivity index is 1.69. The van der Waals surface area contributed by atoms with Gasteiger partial charge in [0.25, 0.3) is 0 Å². The van der Waals surface area contributed by atoms with Crippen molar-refractivity contribution in [2.45, 2.75) is 31.5 Å². The molecule has 2 atom stereocenters. The number of hydrogen-bond donors (Lipinski definition) is 1. The average molecular weight is 321 g/mol. The van der Waals surface area contributed by atoms with E-state index in [1.165, 1.54) is 12.1 Å². The Morgan fingerprint density at radius 3 is 2.91 bits per heavy atom.